The molecular formula is C27H35N7O2. The van der Waals surface area contributed by atoms with Crippen LogP contribution in [-0.4, -0.2) is 39.2 Å². The average molecular weight is 490 g/mol. The van der Waals surface area contributed by atoms with Gasteiger partial charge in [-0.15, -0.1) is 0 Å². The van der Waals surface area contributed by atoms with Crippen molar-refractivity contribution in [1.82, 2.24) is 20.3 Å². The number of nitrogens with zero attached hydrogens (tertiary/aromatic N) is 4. The molecule has 3 unspecified atom stereocenters. The minimum Gasteiger partial charge on any atom is -0.444 e. The van der Waals surface area contributed by atoms with Gasteiger partial charge in [-0.2, -0.15) is 10.2 Å². The highest BCUT2D eigenvalue weighted by atomic mass is 16.6. The lowest BCUT2D eigenvalue weighted by atomic mass is 9.48. The third-order valence-electron chi connectivity index (χ3n) is 7.78. The molecule has 36 heavy (non-hydrogen) atoms. The van der Waals surface area contributed by atoms with Gasteiger partial charge >= 0.3 is 6.09 Å². The topological polar surface area (TPSA) is 125 Å². The third kappa shape index (κ3) is 5.38. The fourth-order valence-electron chi connectivity index (χ4n) is 6.72. The Morgan fingerprint density at radius 2 is 1.94 bits per heavy atom. The number of rotatable bonds is 7. The summed E-state index contributed by atoms with van der Waals surface area (Å²) in [6, 6.07) is 8.15. The summed E-state index contributed by atoms with van der Waals surface area (Å²) < 4.78 is 5.54. The van der Waals surface area contributed by atoms with Crippen molar-refractivity contribution in [1.29, 1.82) is 5.26 Å². The van der Waals surface area contributed by atoms with Gasteiger partial charge in [-0.25, -0.2) is 9.78 Å². The number of aromatic nitrogens is 3. The van der Waals surface area contributed by atoms with Crippen LogP contribution in [0.5, 0.6) is 0 Å². The third-order valence-corrected chi connectivity index (χ3v) is 7.78. The van der Waals surface area contributed by atoms with Gasteiger partial charge in [-0.3, -0.25) is 4.98 Å². The molecule has 2 heterocycles. The second-order valence-corrected chi connectivity index (χ2v) is 11.7. The molecule has 1 amide bonds. The molecule has 2 aromatic rings. The van der Waals surface area contributed by atoms with E-state index >= 15 is 0 Å². The first kappa shape index (κ1) is 24.3. The van der Waals surface area contributed by atoms with Crippen molar-refractivity contribution in [3.63, 3.8) is 0 Å². The molecule has 4 saturated carbocycles. The number of anilines is 2. The summed E-state index contributed by atoms with van der Waals surface area (Å²) in [5.74, 6) is 2.64. The maximum atomic E-state index is 12.5. The molecule has 4 bridgehead atoms. The number of nitrogens with one attached hydrogen (secondary N) is 3. The molecular weight excluding hydrogens is 454 g/mol. The molecule has 9 heteroatoms. The van der Waals surface area contributed by atoms with Gasteiger partial charge in [0.05, 0.1) is 18.4 Å². The average Bonchev–Trinajstić information content (AvgIpc) is 2.83. The van der Waals surface area contributed by atoms with Gasteiger partial charge in [0, 0.05) is 18.8 Å². The van der Waals surface area contributed by atoms with E-state index in [0.717, 1.165) is 37.9 Å². The smallest absolute Gasteiger partial charge is 0.407 e. The van der Waals surface area contributed by atoms with E-state index in [2.05, 4.69) is 37.0 Å². The first-order valence-electron chi connectivity index (χ1n) is 12.9. The maximum absolute atomic E-state index is 12.5. The quantitative estimate of drug-likeness (QED) is 0.520. The van der Waals surface area contributed by atoms with Crippen LogP contribution in [0.3, 0.4) is 0 Å². The standard InChI is InChI=1S/C27H35N7O2/c1-26(2,3)36-25(35)33-22-18-8-17-9-19(22)12-27(10-17,11-18)16-32-23-20(13-28)14-30-24(34-23)31-15-21-6-4-5-7-29-21/h4-7,14,17-19,22H,8-12,15-16H2,1-3H3,(H,33,35)(H2,30,31,32,34)/t17?,18-,19+,22?,27?. The van der Waals surface area contributed by atoms with E-state index in [-0.39, 0.29) is 17.6 Å². The van der Waals surface area contributed by atoms with Crippen LogP contribution in [-0.2, 0) is 11.3 Å². The molecule has 0 aliphatic heterocycles. The second-order valence-electron chi connectivity index (χ2n) is 11.7. The predicted octanol–water partition coefficient (Wildman–Crippen LogP) is 4.49. The predicted molar refractivity (Wildman–Crippen MR) is 136 cm³/mol. The van der Waals surface area contributed by atoms with Gasteiger partial charge in [0.1, 0.15) is 23.1 Å². The number of alkyl carbamates (subject to hydrolysis) is 1. The van der Waals surface area contributed by atoms with E-state index in [9.17, 15) is 10.1 Å². The highest BCUT2D eigenvalue weighted by Crippen LogP contribution is 2.60. The van der Waals surface area contributed by atoms with Gasteiger partial charge in [-0.1, -0.05) is 6.07 Å². The molecule has 0 spiro atoms. The van der Waals surface area contributed by atoms with Crippen LogP contribution in [0, 0.1) is 34.5 Å². The Morgan fingerprint density at radius 1 is 1.17 bits per heavy atom. The number of carbonyl (C=O) groups excluding carboxylic acids is 1. The van der Waals surface area contributed by atoms with Crippen molar-refractivity contribution in [2.75, 3.05) is 17.2 Å². The zero-order valence-electron chi connectivity index (χ0n) is 21.3. The lowest BCUT2D eigenvalue weighted by Crippen LogP contribution is -2.60. The van der Waals surface area contributed by atoms with Gasteiger partial charge < -0.3 is 20.7 Å². The molecule has 190 valence electrons. The van der Waals surface area contributed by atoms with E-state index in [1.54, 1.807) is 12.4 Å². The summed E-state index contributed by atoms with van der Waals surface area (Å²) in [7, 11) is 0. The van der Waals surface area contributed by atoms with E-state index in [0.29, 0.717) is 41.6 Å². The maximum Gasteiger partial charge on any atom is 0.407 e. The highest BCUT2D eigenvalue weighted by Gasteiger charge is 2.55. The molecule has 5 atom stereocenters. The lowest BCUT2D eigenvalue weighted by Gasteiger charge is -2.60. The van der Waals surface area contributed by atoms with Crippen LogP contribution in [0.1, 0.15) is 64.1 Å². The van der Waals surface area contributed by atoms with Crippen LogP contribution in [0.25, 0.3) is 0 Å². The summed E-state index contributed by atoms with van der Waals surface area (Å²) >= 11 is 0. The molecule has 3 N–H and O–H groups in total. The number of carbonyl (C=O) groups is 1. The normalized spacial score (nSPS) is 28.3. The Kier molecular flexibility index (Phi) is 6.45. The Labute approximate surface area is 212 Å². The zero-order valence-corrected chi connectivity index (χ0v) is 21.3. The Hall–Kier alpha value is -3.41. The first-order chi connectivity index (χ1) is 17.2. The van der Waals surface area contributed by atoms with Gasteiger partial charge in [0.2, 0.25) is 5.95 Å². The molecule has 4 aliphatic rings. The molecule has 4 aliphatic carbocycles. The minimum absolute atomic E-state index is 0.155. The van der Waals surface area contributed by atoms with Crippen molar-refractivity contribution in [2.24, 2.45) is 23.2 Å². The highest BCUT2D eigenvalue weighted by molar-refractivity contribution is 5.68. The summed E-state index contributed by atoms with van der Waals surface area (Å²) in [5, 5.41) is 19.5. The van der Waals surface area contributed by atoms with Gasteiger partial charge in [0.25, 0.3) is 0 Å². The van der Waals surface area contributed by atoms with Crippen molar-refractivity contribution >= 4 is 17.9 Å². The molecule has 0 aromatic carbocycles. The Balaban J connectivity index is 1.24. The summed E-state index contributed by atoms with van der Waals surface area (Å²) in [6.45, 7) is 6.96. The van der Waals surface area contributed by atoms with Crippen molar-refractivity contribution in [2.45, 2.75) is 71.1 Å². The Bertz CT molecular complexity index is 1130. The Morgan fingerprint density at radius 3 is 2.61 bits per heavy atom. The van der Waals surface area contributed by atoms with E-state index in [1.165, 1.54) is 6.42 Å². The van der Waals surface area contributed by atoms with Crippen LogP contribution in [0.2, 0.25) is 0 Å². The summed E-state index contributed by atoms with van der Waals surface area (Å²) in [6.07, 6.45) is 8.64. The monoisotopic (exact) mass is 489 g/mol. The van der Waals surface area contributed by atoms with Crippen LogP contribution in [0.4, 0.5) is 16.6 Å². The number of hydrogen-bond acceptors (Lipinski definition) is 8. The molecule has 6 rings (SSSR count). The number of hydrogen-bond donors (Lipinski definition) is 3. The molecule has 0 saturated heterocycles. The lowest BCUT2D eigenvalue weighted by molar-refractivity contribution is -0.0703. The molecule has 4 fully saturated rings. The van der Waals surface area contributed by atoms with E-state index < -0.39 is 5.60 Å². The fraction of sp³-hybridized carbons (Fsp3) is 0.593. The SMILES string of the molecule is CC(C)(C)OC(=O)NC1[C@@H]2CC3C[C@H]1CC(CNc1nc(NCc4ccccn4)ncc1C#N)(C3)C2. The number of nitriles is 1. The van der Waals surface area contributed by atoms with Crippen LogP contribution >= 0.6 is 0 Å². The van der Waals surface area contributed by atoms with Gasteiger partial charge in [-0.05, 0) is 88.2 Å². The van der Waals surface area contributed by atoms with Crippen molar-refractivity contribution in [3.05, 3.63) is 41.9 Å². The van der Waals surface area contributed by atoms with E-state index in [4.69, 9.17) is 4.74 Å². The first-order valence-corrected chi connectivity index (χ1v) is 12.9. The zero-order chi connectivity index (χ0) is 25.3. The minimum atomic E-state index is -0.498. The van der Waals surface area contributed by atoms with Crippen LogP contribution < -0.4 is 16.0 Å². The van der Waals surface area contributed by atoms with E-state index in [1.807, 2.05) is 39.0 Å². The molecule has 0 radical (unpaired) electrons. The van der Waals surface area contributed by atoms with Crippen LogP contribution in [0.15, 0.2) is 30.6 Å². The number of ether oxygens (including phenoxy) is 1. The second kappa shape index (κ2) is 9.57. The summed E-state index contributed by atoms with van der Waals surface area (Å²) in [4.78, 5) is 25.7. The molecule has 2 aromatic heterocycles. The van der Waals surface area contributed by atoms with Crippen molar-refractivity contribution in [3.8, 4) is 6.07 Å². The van der Waals surface area contributed by atoms with Crippen molar-refractivity contribution < 1.29 is 9.53 Å². The number of pyridine rings is 1. The largest absolute Gasteiger partial charge is 0.444 e. The number of amides is 1. The summed E-state index contributed by atoms with van der Waals surface area (Å²) in [5.41, 5.74) is 0.986. The fourth-order valence-corrected chi connectivity index (χ4v) is 6.72. The van der Waals surface area contributed by atoms with Gasteiger partial charge in [0.15, 0.2) is 0 Å². The molecule has 9 nitrogen and oxygen atoms in total.